The standard InChI is InChI=1S/C19H23FN4O3/c20-15-7-5-14(6-8-15)9-12-24-18(26)16(17(25)22-19(24)27)13-21-23-10-3-1-2-4-11-23/h5-8,13,26H,1-4,9-12H2,(H,22,25,27)/b21-13+. The van der Waals surface area contributed by atoms with Crippen molar-refractivity contribution in [1.82, 2.24) is 14.6 Å². The van der Waals surface area contributed by atoms with E-state index in [1.807, 2.05) is 5.01 Å². The predicted octanol–water partition coefficient (Wildman–Crippen LogP) is 1.83. The largest absolute Gasteiger partial charge is 0.494 e. The highest BCUT2D eigenvalue weighted by Gasteiger charge is 2.13. The van der Waals surface area contributed by atoms with Crippen LogP contribution in [0.3, 0.4) is 0 Å². The molecule has 0 radical (unpaired) electrons. The van der Waals surface area contributed by atoms with Gasteiger partial charge in [-0.15, -0.1) is 0 Å². The van der Waals surface area contributed by atoms with Gasteiger partial charge in [-0.25, -0.2) is 9.18 Å². The molecule has 0 bridgehead atoms. The lowest BCUT2D eigenvalue weighted by atomic mass is 10.1. The summed E-state index contributed by atoms with van der Waals surface area (Å²) in [5.74, 6) is -0.751. The molecular weight excluding hydrogens is 351 g/mol. The number of aromatic amines is 1. The molecule has 1 saturated heterocycles. The number of hydrogen-bond donors (Lipinski definition) is 2. The van der Waals surface area contributed by atoms with E-state index < -0.39 is 17.1 Å². The maximum atomic E-state index is 13.0. The minimum absolute atomic E-state index is 0.0436. The molecule has 3 rings (SSSR count). The van der Waals surface area contributed by atoms with E-state index in [-0.39, 0.29) is 17.9 Å². The van der Waals surface area contributed by atoms with Crippen LogP contribution in [0.15, 0.2) is 39.0 Å². The third kappa shape index (κ3) is 4.84. The van der Waals surface area contributed by atoms with Crippen LogP contribution in [0, 0.1) is 5.82 Å². The van der Waals surface area contributed by atoms with Crippen LogP contribution < -0.4 is 11.2 Å². The first-order valence-corrected chi connectivity index (χ1v) is 9.14. The summed E-state index contributed by atoms with van der Waals surface area (Å²) in [5, 5.41) is 16.6. The molecule has 1 aliphatic heterocycles. The number of benzene rings is 1. The minimum atomic E-state index is -0.688. The van der Waals surface area contributed by atoms with Gasteiger partial charge < -0.3 is 5.11 Å². The zero-order valence-corrected chi connectivity index (χ0v) is 15.0. The molecule has 27 heavy (non-hydrogen) atoms. The smallest absolute Gasteiger partial charge is 0.331 e. The molecule has 144 valence electrons. The Morgan fingerprint density at radius 2 is 1.78 bits per heavy atom. The van der Waals surface area contributed by atoms with E-state index in [4.69, 9.17) is 0 Å². The number of nitrogens with one attached hydrogen (secondary N) is 1. The fraction of sp³-hybridized carbons (Fsp3) is 0.421. The van der Waals surface area contributed by atoms with Gasteiger partial charge in [0.15, 0.2) is 0 Å². The lowest BCUT2D eigenvalue weighted by Crippen LogP contribution is -2.33. The molecule has 0 spiro atoms. The Hall–Kier alpha value is -2.90. The van der Waals surface area contributed by atoms with E-state index in [2.05, 4.69) is 10.1 Å². The number of aromatic hydroxyl groups is 1. The van der Waals surface area contributed by atoms with Crippen LogP contribution in [-0.4, -0.2) is 39.0 Å². The molecule has 7 nitrogen and oxygen atoms in total. The lowest BCUT2D eigenvalue weighted by Gasteiger charge is -2.15. The number of rotatable bonds is 5. The summed E-state index contributed by atoms with van der Waals surface area (Å²) >= 11 is 0. The molecule has 0 unspecified atom stereocenters. The summed E-state index contributed by atoms with van der Waals surface area (Å²) in [6.45, 7) is 1.76. The number of hydrazone groups is 1. The summed E-state index contributed by atoms with van der Waals surface area (Å²) in [7, 11) is 0. The van der Waals surface area contributed by atoms with Crippen molar-refractivity contribution in [2.45, 2.75) is 38.6 Å². The number of aryl methyl sites for hydroxylation is 1. The van der Waals surface area contributed by atoms with Crippen LogP contribution in [0.5, 0.6) is 5.88 Å². The second-order valence-electron chi connectivity index (χ2n) is 6.64. The van der Waals surface area contributed by atoms with Gasteiger partial charge in [-0.1, -0.05) is 25.0 Å². The average Bonchev–Trinajstić information content (AvgIpc) is 2.91. The Labute approximate surface area is 155 Å². The third-order valence-electron chi connectivity index (χ3n) is 4.68. The van der Waals surface area contributed by atoms with Crippen LogP contribution >= 0.6 is 0 Å². The molecule has 2 N–H and O–H groups in total. The van der Waals surface area contributed by atoms with Gasteiger partial charge in [-0.3, -0.25) is 19.4 Å². The van der Waals surface area contributed by atoms with Gasteiger partial charge in [0.05, 0.1) is 6.21 Å². The summed E-state index contributed by atoms with van der Waals surface area (Å²) in [5.41, 5.74) is -0.590. The zero-order valence-electron chi connectivity index (χ0n) is 15.0. The molecule has 2 aromatic rings. The molecule has 1 aromatic carbocycles. The number of H-pyrrole nitrogens is 1. The average molecular weight is 374 g/mol. The van der Waals surface area contributed by atoms with Crippen molar-refractivity contribution in [3.8, 4) is 5.88 Å². The SMILES string of the molecule is O=c1[nH]c(=O)n(CCc2ccc(F)cc2)c(O)c1/C=N/N1CCCCCC1. The fourth-order valence-electron chi connectivity index (χ4n) is 3.10. The number of halogens is 1. The Bertz CT molecular complexity index is 910. The highest BCUT2D eigenvalue weighted by atomic mass is 19.1. The van der Waals surface area contributed by atoms with Gasteiger partial charge >= 0.3 is 5.69 Å². The summed E-state index contributed by atoms with van der Waals surface area (Å²) in [4.78, 5) is 26.4. The van der Waals surface area contributed by atoms with E-state index in [1.165, 1.54) is 18.3 Å². The van der Waals surface area contributed by atoms with Crippen LogP contribution in [-0.2, 0) is 13.0 Å². The predicted molar refractivity (Wildman–Crippen MR) is 101 cm³/mol. The topological polar surface area (TPSA) is 90.7 Å². The minimum Gasteiger partial charge on any atom is -0.494 e. The molecule has 0 atom stereocenters. The number of hydrogen-bond acceptors (Lipinski definition) is 5. The first-order valence-electron chi connectivity index (χ1n) is 9.14. The first-order chi connectivity index (χ1) is 13.0. The van der Waals surface area contributed by atoms with E-state index in [0.29, 0.717) is 6.42 Å². The highest BCUT2D eigenvalue weighted by Crippen LogP contribution is 2.12. The molecule has 1 fully saturated rings. The molecule has 0 saturated carbocycles. The maximum absolute atomic E-state index is 13.0. The van der Waals surface area contributed by atoms with Gasteiger partial charge in [0.25, 0.3) is 5.56 Å². The van der Waals surface area contributed by atoms with Gasteiger partial charge in [-0.05, 0) is 37.0 Å². The first kappa shape index (κ1) is 18.9. The van der Waals surface area contributed by atoms with Crippen molar-refractivity contribution in [2.24, 2.45) is 5.10 Å². The van der Waals surface area contributed by atoms with Crippen molar-refractivity contribution in [3.63, 3.8) is 0 Å². The quantitative estimate of drug-likeness (QED) is 0.782. The Morgan fingerprint density at radius 3 is 2.44 bits per heavy atom. The summed E-state index contributed by atoms with van der Waals surface area (Å²) < 4.78 is 14.1. The molecule has 0 aliphatic carbocycles. The van der Waals surface area contributed by atoms with E-state index in [1.54, 1.807) is 12.1 Å². The third-order valence-corrected chi connectivity index (χ3v) is 4.68. The summed E-state index contributed by atoms with van der Waals surface area (Å²) in [6.07, 6.45) is 6.11. The van der Waals surface area contributed by atoms with Crippen molar-refractivity contribution in [3.05, 3.63) is 62.0 Å². The van der Waals surface area contributed by atoms with Gasteiger partial charge in [0.1, 0.15) is 11.4 Å². The maximum Gasteiger partial charge on any atom is 0.331 e. The van der Waals surface area contributed by atoms with Crippen LogP contribution in [0.2, 0.25) is 0 Å². The van der Waals surface area contributed by atoms with Crippen molar-refractivity contribution in [1.29, 1.82) is 0 Å². The molecule has 0 amide bonds. The molecule has 1 aromatic heterocycles. The van der Waals surface area contributed by atoms with Crippen LogP contribution in [0.25, 0.3) is 0 Å². The summed E-state index contributed by atoms with van der Waals surface area (Å²) in [6, 6.07) is 5.91. The number of nitrogens with zero attached hydrogens (tertiary/aromatic N) is 3. The van der Waals surface area contributed by atoms with Crippen LogP contribution in [0.4, 0.5) is 4.39 Å². The second kappa shape index (κ2) is 8.66. The van der Waals surface area contributed by atoms with Crippen molar-refractivity contribution < 1.29 is 9.50 Å². The zero-order chi connectivity index (χ0) is 19.2. The van der Waals surface area contributed by atoms with E-state index in [9.17, 15) is 19.1 Å². The Kier molecular flexibility index (Phi) is 6.05. The van der Waals surface area contributed by atoms with Crippen molar-refractivity contribution >= 4 is 6.21 Å². The van der Waals surface area contributed by atoms with Crippen molar-refractivity contribution in [2.75, 3.05) is 13.1 Å². The van der Waals surface area contributed by atoms with E-state index in [0.717, 1.165) is 48.9 Å². The normalized spacial score (nSPS) is 15.2. The van der Waals surface area contributed by atoms with Gasteiger partial charge in [-0.2, -0.15) is 5.10 Å². The number of aromatic nitrogens is 2. The Balaban J connectivity index is 1.80. The molecule has 1 aliphatic rings. The second-order valence-corrected chi connectivity index (χ2v) is 6.64. The van der Waals surface area contributed by atoms with Gasteiger partial charge in [0, 0.05) is 19.6 Å². The van der Waals surface area contributed by atoms with E-state index >= 15 is 0 Å². The molecule has 2 heterocycles. The lowest BCUT2D eigenvalue weighted by molar-refractivity contribution is 0.302. The van der Waals surface area contributed by atoms with Crippen LogP contribution in [0.1, 0.15) is 36.8 Å². The Morgan fingerprint density at radius 1 is 1.11 bits per heavy atom. The highest BCUT2D eigenvalue weighted by molar-refractivity contribution is 5.81. The molecular formula is C19H23FN4O3. The molecule has 8 heteroatoms. The monoisotopic (exact) mass is 374 g/mol. The fourth-order valence-corrected chi connectivity index (χ4v) is 3.10. The van der Waals surface area contributed by atoms with Gasteiger partial charge in [0.2, 0.25) is 5.88 Å².